The number of carbonyl (C=O) groups excluding carboxylic acids is 2. The van der Waals surface area contributed by atoms with Crippen LogP contribution in [0.3, 0.4) is 0 Å². The fraction of sp³-hybridized carbons (Fsp3) is 0.636. The van der Waals surface area contributed by atoms with Crippen LogP contribution in [-0.4, -0.2) is 88.0 Å². The molecule has 3 aliphatic heterocycles. The van der Waals surface area contributed by atoms with E-state index in [-0.39, 0.29) is 16.7 Å². The number of amides is 2. The molecular weight excluding hydrogens is 432 g/mol. The van der Waals surface area contributed by atoms with Crippen molar-refractivity contribution in [3.63, 3.8) is 0 Å². The number of ether oxygens (including phenoxy) is 1. The summed E-state index contributed by atoms with van der Waals surface area (Å²) in [4.78, 5) is 29.3. The van der Waals surface area contributed by atoms with Gasteiger partial charge in [0.25, 0.3) is 0 Å². The van der Waals surface area contributed by atoms with Crippen molar-refractivity contribution in [2.45, 2.75) is 43.5 Å². The molecule has 2 fully saturated rings. The maximum atomic E-state index is 13.0. The Bertz CT molecular complexity index is 955. The largest absolute Gasteiger partial charge is 0.379 e. The zero-order chi connectivity index (χ0) is 22.7. The predicted molar refractivity (Wildman–Crippen MR) is 120 cm³/mol. The number of likely N-dealkylation sites (tertiary alicyclic amines) is 1. The van der Waals surface area contributed by atoms with Gasteiger partial charge in [0, 0.05) is 45.2 Å². The third-order valence-electron chi connectivity index (χ3n) is 6.46. The van der Waals surface area contributed by atoms with E-state index < -0.39 is 16.1 Å². The molecule has 0 aliphatic carbocycles. The van der Waals surface area contributed by atoms with Crippen molar-refractivity contribution in [2.75, 3.05) is 57.4 Å². The van der Waals surface area contributed by atoms with Crippen LogP contribution in [-0.2, 0) is 30.8 Å². The molecule has 3 aliphatic rings. The molecule has 0 saturated carbocycles. The number of nitrogens with one attached hydrogen (secondary N) is 1. The number of anilines is 1. The van der Waals surface area contributed by atoms with Crippen LogP contribution in [0.4, 0.5) is 5.69 Å². The fourth-order valence-electron chi connectivity index (χ4n) is 4.76. The van der Waals surface area contributed by atoms with Crippen LogP contribution in [0.2, 0.25) is 0 Å². The Morgan fingerprint density at radius 3 is 2.50 bits per heavy atom. The number of morpholine rings is 1. The summed E-state index contributed by atoms with van der Waals surface area (Å²) in [7, 11) is -3.64. The number of rotatable bonds is 6. The molecule has 3 heterocycles. The predicted octanol–water partition coefficient (Wildman–Crippen LogP) is 0.587. The van der Waals surface area contributed by atoms with E-state index in [0.717, 1.165) is 19.6 Å². The Labute approximate surface area is 189 Å². The molecule has 0 aromatic heterocycles. The summed E-state index contributed by atoms with van der Waals surface area (Å²) in [6.45, 7) is 6.28. The second kappa shape index (κ2) is 9.86. The third-order valence-corrected chi connectivity index (χ3v) is 8.36. The molecule has 10 heteroatoms. The first-order chi connectivity index (χ1) is 15.4. The van der Waals surface area contributed by atoms with Crippen LogP contribution in [0.5, 0.6) is 0 Å². The second-order valence-corrected chi connectivity index (χ2v) is 10.5. The molecule has 1 unspecified atom stereocenters. The summed E-state index contributed by atoms with van der Waals surface area (Å²) in [5.41, 5.74) is 1.31. The molecule has 1 N–H and O–H groups in total. The lowest BCUT2D eigenvalue weighted by atomic mass is 10.1. The summed E-state index contributed by atoms with van der Waals surface area (Å²) in [5, 5.41) is 2.97. The zero-order valence-corrected chi connectivity index (χ0v) is 19.4. The number of carbonyl (C=O) groups is 2. The number of piperidine rings is 1. The summed E-state index contributed by atoms with van der Waals surface area (Å²) < 4.78 is 32.7. The fourth-order valence-corrected chi connectivity index (χ4v) is 6.22. The van der Waals surface area contributed by atoms with Gasteiger partial charge < -0.3 is 15.0 Å². The van der Waals surface area contributed by atoms with Crippen LogP contribution >= 0.6 is 0 Å². The minimum Gasteiger partial charge on any atom is -0.379 e. The van der Waals surface area contributed by atoms with E-state index in [9.17, 15) is 18.0 Å². The highest BCUT2D eigenvalue weighted by atomic mass is 32.2. The van der Waals surface area contributed by atoms with E-state index in [4.69, 9.17) is 4.74 Å². The van der Waals surface area contributed by atoms with E-state index in [1.807, 2.05) is 0 Å². The molecular formula is C22H32N4O5S. The molecule has 4 rings (SSSR count). The quantitative estimate of drug-likeness (QED) is 0.662. The zero-order valence-electron chi connectivity index (χ0n) is 18.6. The monoisotopic (exact) mass is 464 g/mol. The molecule has 2 saturated heterocycles. The van der Waals surface area contributed by atoms with Gasteiger partial charge in [-0.2, -0.15) is 4.31 Å². The maximum Gasteiger partial charge on any atom is 0.243 e. The molecule has 1 aromatic rings. The number of hydrogen-bond donors (Lipinski definition) is 1. The standard InChI is InChI=1S/C22H32N4O5S/c1-17(27)26-20-6-5-19(32(29,30)25-11-13-31-14-12-25)15-18(20)16-21(26)22(28)23-7-10-24-8-3-2-4-9-24/h5-6,15,21H,2-4,7-14,16H2,1H3,(H,23,28). The first-order valence-corrected chi connectivity index (χ1v) is 12.8. The van der Waals surface area contributed by atoms with Gasteiger partial charge in [-0.05, 0) is 49.7 Å². The Morgan fingerprint density at radius 2 is 1.81 bits per heavy atom. The van der Waals surface area contributed by atoms with Gasteiger partial charge in [-0.1, -0.05) is 6.42 Å². The van der Waals surface area contributed by atoms with Crippen LogP contribution in [0.25, 0.3) is 0 Å². The average Bonchev–Trinajstić information content (AvgIpc) is 3.19. The molecule has 176 valence electrons. The first kappa shape index (κ1) is 23.2. The van der Waals surface area contributed by atoms with Crippen molar-refractivity contribution in [1.29, 1.82) is 0 Å². The Hall–Kier alpha value is -2.01. The molecule has 0 radical (unpaired) electrons. The minimum absolute atomic E-state index is 0.188. The molecule has 32 heavy (non-hydrogen) atoms. The molecule has 1 atom stereocenters. The maximum absolute atomic E-state index is 13.0. The van der Waals surface area contributed by atoms with Gasteiger partial charge in [-0.25, -0.2) is 8.42 Å². The minimum atomic E-state index is -3.64. The molecule has 2 amide bonds. The Morgan fingerprint density at radius 1 is 1.09 bits per heavy atom. The van der Waals surface area contributed by atoms with Crippen molar-refractivity contribution >= 4 is 27.5 Å². The van der Waals surface area contributed by atoms with Gasteiger partial charge in [-0.15, -0.1) is 0 Å². The van der Waals surface area contributed by atoms with Crippen LogP contribution in [0.15, 0.2) is 23.1 Å². The van der Waals surface area contributed by atoms with Gasteiger partial charge in [0.05, 0.1) is 18.1 Å². The summed E-state index contributed by atoms with van der Waals surface area (Å²) in [6, 6.07) is 4.11. The normalized spacial score (nSPS) is 22.5. The smallest absolute Gasteiger partial charge is 0.243 e. The van der Waals surface area contributed by atoms with Crippen LogP contribution in [0, 0.1) is 0 Å². The van der Waals surface area contributed by atoms with Gasteiger partial charge in [-0.3, -0.25) is 14.5 Å². The van der Waals surface area contributed by atoms with E-state index in [1.165, 1.54) is 41.5 Å². The van der Waals surface area contributed by atoms with Gasteiger partial charge >= 0.3 is 0 Å². The van der Waals surface area contributed by atoms with Crippen LogP contribution in [0.1, 0.15) is 31.7 Å². The second-order valence-electron chi connectivity index (χ2n) is 8.61. The number of fused-ring (bicyclic) bond motifs is 1. The lowest BCUT2D eigenvalue weighted by molar-refractivity contribution is -0.125. The average molecular weight is 465 g/mol. The lowest BCUT2D eigenvalue weighted by Crippen LogP contribution is -2.49. The first-order valence-electron chi connectivity index (χ1n) is 11.4. The molecule has 1 aromatic carbocycles. The van der Waals surface area contributed by atoms with Gasteiger partial charge in [0.2, 0.25) is 21.8 Å². The lowest BCUT2D eigenvalue weighted by Gasteiger charge is -2.27. The molecule has 9 nitrogen and oxygen atoms in total. The summed E-state index contributed by atoms with van der Waals surface area (Å²) in [5.74, 6) is -0.435. The van der Waals surface area contributed by atoms with Crippen molar-refractivity contribution in [1.82, 2.24) is 14.5 Å². The summed E-state index contributed by atoms with van der Waals surface area (Å²) in [6.07, 6.45) is 3.95. The molecule has 0 bridgehead atoms. The highest BCUT2D eigenvalue weighted by molar-refractivity contribution is 7.89. The van der Waals surface area contributed by atoms with E-state index >= 15 is 0 Å². The number of hydrogen-bond acceptors (Lipinski definition) is 6. The van der Waals surface area contributed by atoms with E-state index in [2.05, 4.69) is 10.2 Å². The Kier molecular flexibility index (Phi) is 7.14. The van der Waals surface area contributed by atoms with Gasteiger partial charge in [0.15, 0.2) is 0 Å². The number of nitrogens with zero attached hydrogens (tertiary/aromatic N) is 3. The highest BCUT2D eigenvalue weighted by Gasteiger charge is 2.38. The van der Waals surface area contributed by atoms with Crippen LogP contribution < -0.4 is 10.2 Å². The van der Waals surface area contributed by atoms with Crippen molar-refractivity contribution in [3.8, 4) is 0 Å². The van der Waals surface area contributed by atoms with Gasteiger partial charge in [0.1, 0.15) is 6.04 Å². The highest BCUT2D eigenvalue weighted by Crippen LogP contribution is 2.35. The van der Waals surface area contributed by atoms with E-state index in [1.54, 1.807) is 12.1 Å². The van der Waals surface area contributed by atoms with Crippen molar-refractivity contribution in [2.24, 2.45) is 0 Å². The molecule has 0 spiro atoms. The SMILES string of the molecule is CC(=O)N1c2ccc(S(=O)(=O)N3CCOCC3)cc2CC1C(=O)NCCN1CCCCC1. The number of sulfonamides is 1. The third kappa shape index (κ3) is 4.83. The topological polar surface area (TPSA) is 99.3 Å². The van der Waals surface area contributed by atoms with Crippen molar-refractivity contribution < 1.29 is 22.7 Å². The van der Waals surface area contributed by atoms with Crippen molar-refractivity contribution in [3.05, 3.63) is 23.8 Å². The van der Waals surface area contributed by atoms with E-state index in [0.29, 0.717) is 50.5 Å². The Balaban J connectivity index is 1.46. The summed E-state index contributed by atoms with van der Waals surface area (Å²) >= 11 is 0. The number of benzene rings is 1.